The van der Waals surface area contributed by atoms with E-state index in [2.05, 4.69) is 5.10 Å². The van der Waals surface area contributed by atoms with Crippen molar-refractivity contribution in [2.24, 2.45) is 11.0 Å². The third-order valence-corrected chi connectivity index (χ3v) is 5.20. The Kier molecular flexibility index (Phi) is 5.61. The minimum absolute atomic E-state index is 0.0906. The highest BCUT2D eigenvalue weighted by atomic mass is 35.5. The topological polar surface area (TPSA) is 58.1 Å². The summed E-state index contributed by atoms with van der Waals surface area (Å²) < 4.78 is 41.4. The monoisotopic (exact) mass is 407 g/mol. The van der Waals surface area contributed by atoms with Gasteiger partial charge in [-0.3, -0.25) is 4.79 Å². The van der Waals surface area contributed by atoms with Crippen molar-refractivity contribution in [1.82, 2.24) is 4.68 Å². The Hall–Kier alpha value is -2.59. The molecule has 1 aliphatic carbocycles. The van der Waals surface area contributed by atoms with Crippen LogP contribution in [0.2, 0.25) is 5.02 Å². The van der Waals surface area contributed by atoms with Crippen molar-refractivity contribution in [3.8, 4) is 17.3 Å². The second-order valence-electron chi connectivity index (χ2n) is 6.76. The second-order valence-corrected chi connectivity index (χ2v) is 7.17. The highest BCUT2D eigenvalue weighted by molar-refractivity contribution is 6.33. The lowest BCUT2D eigenvalue weighted by Crippen LogP contribution is -2.28. The zero-order valence-electron chi connectivity index (χ0n) is 15.1. The summed E-state index contributed by atoms with van der Waals surface area (Å²) in [5.74, 6) is 0.104. The first-order valence-electron chi connectivity index (χ1n) is 8.84. The van der Waals surface area contributed by atoms with Gasteiger partial charge in [0.25, 0.3) is 5.56 Å². The van der Waals surface area contributed by atoms with Gasteiger partial charge in [-0.25, -0.2) is 0 Å². The molecule has 1 heterocycles. The average Bonchev–Trinajstić information content (AvgIpc) is 2.64. The van der Waals surface area contributed by atoms with Gasteiger partial charge in [0.1, 0.15) is 11.6 Å². The fraction of sp³-hybridized carbons (Fsp3) is 0.350. The molecule has 146 valence electrons. The van der Waals surface area contributed by atoms with Crippen LogP contribution in [0.4, 0.5) is 13.2 Å². The Balaban J connectivity index is 2.37. The first-order valence-corrected chi connectivity index (χ1v) is 9.21. The minimum atomic E-state index is -4.86. The van der Waals surface area contributed by atoms with Gasteiger partial charge in [-0.1, -0.05) is 43.1 Å². The van der Waals surface area contributed by atoms with Crippen molar-refractivity contribution in [3.05, 3.63) is 56.8 Å². The number of pyridine rings is 1. The number of alkyl halides is 3. The Morgan fingerprint density at radius 2 is 2.00 bits per heavy atom. The number of hydrogen-bond donors (Lipinski definition) is 0. The Bertz CT molecular complexity index is 1030. The number of nitriles is 1. The van der Waals surface area contributed by atoms with E-state index in [1.807, 2.05) is 6.92 Å². The van der Waals surface area contributed by atoms with Crippen LogP contribution in [-0.4, -0.2) is 10.4 Å². The third kappa shape index (κ3) is 3.83. The summed E-state index contributed by atoms with van der Waals surface area (Å²) in [7, 11) is 0. The molecule has 0 saturated heterocycles. The van der Waals surface area contributed by atoms with E-state index in [4.69, 9.17) is 11.6 Å². The zero-order chi connectivity index (χ0) is 20.5. The molecule has 1 aromatic carbocycles. The summed E-state index contributed by atoms with van der Waals surface area (Å²) in [5, 5.41) is 13.8. The number of benzene rings is 1. The van der Waals surface area contributed by atoms with Crippen LogP contribution in [-0.2, 0) is 6.18 Å². The fourth-order valence-corrected chi connectivity index (χ4v) is 3.57. The molecule has 4 nitrogen and oxygen atoms in total. The lowest BCUT2D eigenvalue weighted by atomic mass is 9.89. The predicted molar refractivity (Wildman–Crippen MR) is 101 cm³/mol. The number of halogens is 4. The summed E-state index contributed by atoms with van der Waals surface area (Å²) in [5.41, 5.74) is -2.49. The van der Waals surface area contributed by atoms with Gasteiger partial charge in [-0.2, -0.15) is 28.2 Å². The lowest BCUT2D eigenvalue weighted by molar-refractivity contribution is -0.137. The van der Waals surface area contributed by atoms with E-state index in [9.17, 15) is 23.2 Å². The quantitative estimate of drug-likeness (QED) is 0.662. The molecule has 0 amide bonds. The van der Waals surface area contributed by atoms with E-state index in [1.165, 1.54) is 18.2 Å². The van der Waals surface area contributed by atoms with Gasteiger partial charge < -0.3 is 0 Å². The highest BCUT2D eigenvalue weighted by Gasteiger charge is 2.37. The SMILES string of the molecule is CC1CCCCC1=Nn1c(-c2ccccc2Cl)cc(C(F)(F)F)c(C#N)c1=O. The molecule has 0 aliphatic heterocycles. The van der Waals surface area contributed by atoms with Crippen LogP contribution in [0, 0.1) is 17.2 Å². The van der Waals surface area contributed by atoms with Crippen molar-refractivity contribution in [1.29, 1.82) is 5.26 Å². The molecular weight excluding hydrogens is 391 g/mol. The molecule has 0 spiro atoms. The normalized spacial score (nSPS) is 18.9. The van der Waals surface area contributed by atoms with Crippen LogP contribution in [0.5, 0.6) is 0 Å². The first kappa shape index (κ1) is 20.2. The van der Waals surface area contributed by atoms with E-state index in [0.717, 1.165) is 35.7 Å². The van der Waals surface area contributed by atoms with E-state index in [-0.39, 0.29) is 22.2 Å². The van der Waals surface area contributed by atoms with Crippen LogP contribution >= 0.6 is 11.6 Å². The number of hydrogen-bond acceptors (Lipinski definition) is 3. The van der Waals surface area contributed by atoms with Crippen molar-refractivity contribution < 1.29 is 13.2 Å². The van der Waals surface area contributed by atoms with E-state index < -0.39 is 22.9 Å². The summed E-state index contributed by atoms with van der Waals surface area (Å²) in [6, 6.07) is 8.46. The van der Waals surface area contributed by atoms with Gasteiger partial charge in [-0.05, 0) is 37.3 Å². The second kappa shape index (κ2) is 7.80. The fourth-order valence-electron chi connectivity index (χ4n) is 3.34. The van der Waals surface area contributed by atoms with E-state index in [0.29, 0.717) is 6.42 Å². The van der Waals surface area contributed by atoms with Gasteiger partial charge >= 0.3 is 6.18 Å². The molecule has 0 N–H and O–H groups in total. The molecule has 1 aromatic heterocycles. The molecule has 3 rings (SSSR count). The average molecular weight is 408 g/mol. The van der Waals surface area contributed by atoms with Crippen LogP contribution in [0.15, 0.2) is 40.2 Å². The maximum Gasteiger partial charge on any atom is 0.417 e. The predicted octanol–water partition coefficient (Wildman–Crippen LogP) is 5.47. The number of nitrogens with zero attached hydrogens (tertiary/aromatic N) is 3. The van der Waals surface area contributed by atoms with Crippen molar-refractivity contribution >= 4 is 17.3 Å². The van der Waals surface area contributed by atoms with Crippen molar-refractivity contribution in [3.63, 3.8) is 0 Å². The largest absolute Gasteiger partial charge is 0.417 e. The maximum absolute atomic E-state index is 13.5. The standard InChI is InChI=1S/C20H17ClF3N3O/c1-12-6-2-5-9-17(12)26-27-18(13-7-3-4-8-16(13)21)10-15(20(22,23)24)14(11-25)19(27)28/h3-4,7-8,10,12H,2,5-6,9H2,1H3. The van der Waals surface area contributed by atoms with Crippen LogP contribution < -0.4 is 5.56 Å². The van der Waals surface area contributed by atoms with Crippen LogP contribution in [0.25, 0.3) is 11.3 Å². The van der Waals surface area contributed by atoms with Gasteiger partial charge in [-0.15, -0.1) is 0 Å². The number of aromatic nitrogens is 1. The Labute approximate surface area is 164 Å². The minimum Gasteiger partial charge on any atom is -0.266 e. The van der Waals surface area contributed by atoms with Gasteiger partial charge in [0.05, 0.1) is 11.3 Å². The Morgan fingerprint density at radius 1 is 1.29 bits per heavy atom. The lowest BCUT2D eigenvalue weighted by Gasteiger charge is -2.22. The summed E-state index contributed by atoms with van der Waals surface area (Å²) in [6.07, 6.45) is -1.39. The molecule has 2 aromatic rings. The van der Waals surface area contributed by atoms with Crippen molar-refractivity contribution in [2.45, 2.75) is 38.8 Å². The molecule has 8 heteroatoms. The van der Waals surface area contributed by atoms with Gasteiger partial charge in [0.15, 0.2) is 0 Å². The molecule has 0 bridgehead atoms. The third-order valence-electron chi connectivity index (χ3n) is 4.87. The molecule has 1 unspecified atom stereocenters. The molecule has 1 saturated carbocycles. The molecular formula is C20H17ClF3N3O. The maximum atomic E-state index is 13.5. The first-order chi connectivity index (χ1) is 13.2. The summed E-state index contributed by atoms with van der Waals surface area (Å²) in [4.78, 5) is 12.8. The van der Waals surface area contributed by atoms with Crippen LogP contribution in [0.3, 0.4) is 0 Å². The molecule has 1 fully saturated rings. The smallest absolute Gasteiger partial charge is 0.266 e. The Morgan fingerprint density at radius 3 is 2.61 bits per heavy atom. The van der Waals surface area contributed by atoms with Crippen LogP contribution in [0.1, 0.15) is 43.7 Å². The summed E-state index contributed by atoms with van der Waals surface area (Å²) >= 11 is 6.18. The van der Waals surface area contributed by atoms with Gasteiger partial charge in [0.2, 0.25) is 0 Å². The highest BCUT2D eigenvalue weighted by Crippen LogP contribution is 2.35. The van der Waals surface area contributed by atoms with E-state index in [1.54, 1.807) is 12.1 Å². The molecule has 1 atom stereocenters. The summed E-state index contributed by atoms with van der Waals surface area (Å²) in [6.45, 7) is 1.97. The zero-order valence-corrected chi connectivity index (χ0v) is 15.8. The number of rotatable bonds is 2. The van der Waals surface area contributed by atoms with E-state index >= 15 is 0 Å². The molecule has 0 radical (unpaired) electrons. The molecule has 28 heavy (non-hydrogen) atoms. The van der Waals surface area contributed by atoms with Gasteiger partial charge in [0, 0.05) is 16.3 Å². The molecule has 1 aliphatic rings. The van der Waals surface area contributed by atoms with Crippen molar-refractivity contribution in [2.75, 3.05) is 0 Å².